The molecule has 0 heterocycles. The van der Waals surface area contributed by atoms with Crippen molar-refractivity contribution in [3.05, 3.63) is 68.7 Å². The number of nitrogens with one attached hydrogen (secondary N) is 1. The number of hydrogen-bond donors (Lipinski definition) is 1. The van der Waals surface area contributed by atoms with Crippen molar-refractivity contribution >= 4 is 40.6 Å². The van der Waals surface area contributed by atoms with Gasteiger partial charge in [0.05, 0.1) is 21.6 Å². The third-order valence-corrected chi connectivity index (χ3v) is 8.40. The predicted molar refractivity (Wildman–Crippen MR) is 129 cm³/mol. The third kappa shape index (κ3) is 3.57. The smallest absolute Gasteiger partial charge is 0.325 e. The van der Waals surface area contributed by atoms with Crippen LogP contribution >= 0.6 is 11.6 Å². The maximum Gasteiger partial charge on any atom is 0.365 e. The van der Waals surface area contributed by atoms with Gasteiger partial charge in [-0.1, -0.05) is 43.6 Å². The van der Waals surface area contributed by atoms with Crippen molar-refractivity contribution < 1.29 is 19.3 Å². The standard InChI is InChI=1S/C25H26ClN3O5/c1-15-5-8-17(26)13-19(15)27-22(31)25-12-11-24(4,23(25,2)3)20(14-25)28-34-21(30)16-6-9-18(10-7-16)29(32)33/h5-10,13H,11-12,14H2,1-4H3,(H,27,31)/b28-20-. The van der Waals surface area contributed by atoms with Gasteiger partial charge in [-0.2, -0.15) is 0 Å². The largest absolute Gasteiger partial charge is 0.365 e. The van der Waals surface area contributed by atoms with Gasteiger partial charge in [0.2, 0.25) is 5.91 Å². The van der Waals surface area contributed by atoms with Crippen LogP contribution in [0.2, 0.25) is 5.02 Å². The second kappa shape index (κ2) is 8.20. The highest BCUT2D eigenvalue weighted by Gasteiger charge is 2.71. The Bertz CT molecular complexity index is 1220. The first-order valence-electron chi connectivity index (χ1n) is 11.0. The SMILES string of the molecule is Cc1ccc(Cl)cc1NC(=O)C12CCC(C)(/C(=N\OC(=O)c3ccc([N+](=O)[O-])cc3)C1)C2(C)C. The first kappa shape index (κ1) is 23.9. The van der Waals surface area contributed by atoms with E-state index in [1.807, 2.05) is 13.0 Å². The van der Waals surface area contributed by atoms with Crippen LogP contribution in [0.25, 0.3) is 0 Å². The monoisotopic (exact) mass is 483 g/mol. The third-order valence-electron chi connectivity index (χ3n) is 8.17. The van der Waals surface area contributed by atoms with E-state index in [2.05, 4.69) is 31.2 Å². The number of oxime groups is 1. The van der Waals surface area contributed by atoms with E-state index in [1.54, 1.807) is 12.1 Å². The molecule has 1 amide bonds. The molecular formula is C25H26ClN3O5. The summed E-state index contributed by atoms with van der Waals surface area (Å²) < 4.78 is 0. The van der Waals surface area contributed by atoms with E-state index in [0.717, 1.165) is 12.0 Å². The number of carbonyl (C=O) groups excluding carboxylic acids is 2. The second-order valence-corrected chi connectivity index (χ2v) is 10.3. The average molecular weight is 484 g/mol. The van der Waals surface area contributed by atoms with Crippen LogP contribution in [0.4, 0.5) is 11.4 Å². The summed E-state index contributed by atoms with van der Waals surface area (Å²) in [6.45, 7) is 8.08. The van der Waals surface area contributed by atoms with E-state index in [1.165, 1.54) is 24.3 Å². The quantitative estimate of drug-likeness (QED) is 0.322. The molecule has 0 aromatic heterocycles. The molecule has 2 aromatic carbocycles. The normalized spacial score (nSPS) is 25.9. The number of aryl methyl sites for hydroxylation is 1. The number of non-ortho nitro benzene ring substituents is 1. The van der Waals surface area contributed by atoms with Gasteiger partial charge in [-0.3, -0.25) is 14.9 Å². The number of nitro groups is 1. The Morgan fingerprint density at radius 3 is 2.44 bits per heavy atom. The number of amides is 1. The van der Waals surface area contributed by atoms with Crippen molar-refractivity contribution in [1.82, 2.24) is 0 Å². The molecule has 0 radical (unpaired) electrons. The number of anilines is 1. The molecule has 8 nitrogen and oxygen atoms in total. The van der Waals surface area contributed by atoms with E-state index in [4.69, 9.17) is 16.4 Å². The molecule has 178 valence electrons. The van der Waals surface area contributed by atoms with Gasteiger partial charge in [0.1, 0.15) is 0 Å². The first-order chi connectivity index (χ1) is 15.9. The summed E-state index contributed by atoms with van der Waals surface area (Å²) in [5.41, 5.74) is 0.715. The number of nitro benzene ring substituents is 1. The summed E-state index contributed by atoms with van der Waals surface area (Å²) >= 11 is 6.13. The highest BCUT2D eigenvalue weighted by Crippen LogP contribution is 2.71. The Morgan fingerprint density at radius 1 is 1.12 bits per heavy atom. The van der Waals surface area contributed by atoms with Gasteiger partial charge in [-0.25, -0.2) is 4.79 Å². The molecule has 2 fully saturated rings. The number of rotatable bonds is 5. The molecule has 2 unspecified atom stereocenters. The lowest BCUT2D eigenvalue weighted by Gasteiger charge is -2.39. The number of halogens is 1. The Balaban J connectivity index is 1.57. The minimum absolute atomic E-state index is 0.0986. The maximum atomic E-state index is 13.6. The molecule has 2 atom stereocenters. The zero-order valence-electron chi connectivity index (χ0n) is 19.5. The first-order valence-corrected chi connectivity index (χ1v) is 11.4. The number of hydrogen-bond acceptors (Lipinski definition) is 6. The topological polar surface area (TPSA) is 111 Å². The average Bonchev–Trinajstić information content (AvgIpc) is 3.10. The molecule has 2 saturated carbocycles. The van der Waals surface area contributed by atoms with Crippen molar-refractivity contribution in [1.29, 1.82) is 0 Å². The molecule has 0 saturated heterocycles. The van der Waals surface area contributed by atoms with Crippen LogP contribution in [0.15, 0.2) is 47.6 Å². The fourth-order valence-corrected chi connectivity index (χ4v) is 5.53. The number of benzene rings is 2. The predicted octanol–water partition coefficient (Wildman–Crippen LogP) is 5.92. The van der Waals surface area contributed by atoms with Crippen LogP contribution in [0.1, 0.15) is 56.0 Å². The maximum absolute atomic E-state index is 13.6. The van der Waals surface area contributed by atoms with E-state index >= 15 is 0 Å². The molecule has 2 aliphatic carbocycles. The van der Waals surface area contributed by atoms with E-state index in [0.29, 0.717) is 29.3 Å². The zero-order valence-corrected chi connectivity index (χ0v) is 20.2. The highest BCUT2D eigenvalue weighted by atomic mass is 35.5. The van der Waals surface area contributed by atoms with Gasteiger partial charge in [0.25, 0.3) is 5.69 Å². The lowest BCUT2D eigenvalue weighted by Crippen LogP contribution is -2.43. The van der Waals surface area contributed by atoms with Gasteiger partial charge in [-0.15, -0.1) is 0 Å². The molecule has 2 bridgehead atoms. The van der Waals surface area contributed by atoms with E-state index in [-0.39, 0.29) is 17.2 Å². The summed E-state index contributed by atoms with van der Waals surface area (Å²) in [4.78, 5) is 41.6. The molecule has 4 rings (SSSR count). The minimum atomic E-state index is -0.713. The molecule has 0 aliphatic heterocycles. The van der Waals surface area contributed by atoms with Gasteiger partial charge in [0.15, 0.2) is 0 Å². The fraction of sp³-hybridized carbons (Fsp3) is 0.400. The van der Waals surface area contributed by atoms with Crippen molar-refractivity contribution in [3.8, 4) is 0 Å². The van der Waals surface area contributed by atoms with Gasteiger partial charge < -0.3 is 10.2 Å². The van der Waals surface area contributed by atoms with Gasteiger partial charge in [0, 0.05) is 34.7 Å². The minimum Gasteiger partial charge on any atom is -0.325 e. The fourth-order valence-electron chi connectivity index (χ4n) is 5.36. The Labute approximate surface area is 202 Å². The van der Waals surface area contributed by atoms with Crippen molar-refractivity contribution in [2.75, 3.05) is 5.32 Å². The van der Waals surface area contributed by atoms with E-state index in [9.17, 15) is 19.7 Å². The Morgan fingerprint density at radius 2 is 1.79 bits per heavy atom. The molecule has 1 N–H and O–H groups in total. The Hall–Kier alpha value is -3.26. The van der Waals surface area contributed by atoms with Crippen LogP contribution < -0.4 is 5.32 Å². The summed E-state index contributed by atoms with van der Waals surface area (Å²) in [5, 5.41) is 18.6. The number of carbonyl (C=O) groups is 2. The molecule has 0 spiro atoms. The van der Waals surface area contributed by atoms with Crippen molar-refractivity contribution in [3.63, 3.8) is 0 Å². The summed E-state index contributed by atoms with van der Waals surface area (Å²) in [6.07, 6.45) is 1.79. The van der Waals surface area contributed by atoms with Gasteiger partial charge >= 0.3 is 5.97 Å². The lowest BCUT2D eigenvalue weighted by atomic mass is 9.64. The van der Waals surface area contributed by atoms with Crippen LogP contribution in [0.5, 0.6) is 0 Å². The summed E-state index contributed by atoms with van der Waals surface area (Å²) in [5.74, 6) is -0.807. The number of nitrogens with zero attached hydrogens (tertiary/aromatic N) is 2. The van der Waals surface area contributed by atoms with Crippen LogP contribution in [0, 0.1) is 33.3 Å². The second-order valence-electron chi connectivity index (χ2n) is 9.85. The van der Waals surface area contributed by atoms with Crippen LogP contribution in [-0.2, 0) is 9.63 Å². The molecule has 34 heavy (non-hydrogen) atoms. The summed E-state index contributed by atoms with van der Waals surface area (Å²) in [6, 6.07) is 10.5. The molecule has 2 aromatic rings. The van der Waals surface area contributed by atoms with Crippen LogP contribution in [-0.4, -0.2) is 22.5 Å². The zero-order chi connectivity index (χ0) is 24.9. The van der Waals surface area contributed by atoms with E-state index < -0.39 is 27.1 Å². The van der Waals surface area contributed by atoms with Crippen molar-refractivity contribution in [2.24, 2.45) is 21.4 Å². The highest BCUT2D eigenvalue weighted by molar-refractivity contribution is 6.31. The number of fused-ring (bicyclic) bond motifs is 2. The van der Waals surface area contributed by atoms with Crippen LogP contribution in [0.3, 0.4) is 0 Å². The molecule has 2 aliphatic rings. The Kier molecular flexibility index (Phi) is 5.76. The molecular weight excluding hydrogens is 458 g/mol. The van der Waals surface area contributed by atoms with Crippen molar-refractivity contribution in [2.45, 2.75) is 47.0 Å². The summed E-state index contributed by atoms with van der Waals surface area (Å²) in [7, 11) is 0. The molecule has 9 heteroatoms. The van der Waals surface area contributed by atoms with Gasteiger partial charge in [-0.05, 0) is 55.0 Å². The lowest BCUT2D eigenvalue weighted by molar-refractivity contribution is -0.384.